The zero-order chi connectivity index (χ0) is 17.8. The Morgan fingerprint density at radius 3 is 2.72 bits per heavy atom. The summed E-state index contributed by atoms with van der Waals surface area (Å²) < 4.78 is 11.5. The van der Waals surface area contributed by atoms with Crippen LogP contribution in [0.25, 0.3) is 0 Å². The number of ether oxygens (including phenoxy) is 2. The Hall–Kier alpha value is -2.08. The number of hydrogen-bond acceptors (Lipinski definition) is 4. The first kappa shape index (κ1) is 17.7. The predicted molar refractivity (Wildman–Crippen MR) is 100 cm³/mol. The van der Waals surface area contributed by atoms with E-state index < -0.39 is 0 Å². The molecule has 0 saturated heterocycles. The molecule has 1 heterocycles. The molecule has 1 aromatic rings. The van der Waals surface area contributed by atoms with Crippen molar-refractivity contribution in [1.29, 1.82) is 0 Å². The number of carbonyl (C=O) groups excluding carboxylic acids is 1. The average molecular weight is 360 g/mol. The first-order chi connectivity index (χ1) is 12.1. The number of nitrogens with one attached hydrogen (secondary N) is 2. The van der Waals surface area contributed by atoms with E-state index in [0.29, 0.717) is 23.0 Å². The first-order valence-electron chi connectivity index (χ1n) is 8.81. The van der Waals surface area contributed by atoms with Crippen molar-refractivity contribution in [3.63, 3.8) is 0 Å². The van der Waals surface area contributed by atoms with E-state index >= 15 is 0 Å². The fourth-order valence-corrected chi connectivity index (χ4v) is 3.69. The summed E-state index contributed by atoms with van der Waals surface area (Å²) in [5.41, 5.74) is 2.15. The third-order valence-electron chi connectivity index (χ3n) is 4.59. The Morgan fingerprint density at radius 1 is 1.28 bits per heavy atom. The summed E-state index contributed by atoms with van der Waals surface area (Å²) in [4.78, 5) is 12.5. The molecule has 0 amide bonds. The van der Waals surface area contributed by atoms with Crippen LogP contribution in [0.4, 0.5) is 0 Å². The molecule has 1 aromatic carbocycles. The van der Waals surface area contributed by atoms with Crippen molar-refractivity contribution in [2.45, 2.75) is 51.7 Å². The second-order valence-corrected chi connectivity index (χ2v) is 6.76. The van der Waals surface area contributed by atoms with Gasteiger partial charge in [0.05, 0.1) is 24.3 Å². The maximum Gasteiger partial charge on any atom is 0.338 e. The summed E-state index contributed by atoms with van der Waals surface area (Å²) >= 11 is 5.30. The summed E-state index contributed by atoms with van der Waals surface area (Å²) in [6, 6.07) is 7.45. The molecule has 6 heteroatoms. The van der Waals surface area contributed by atoms with Crippen LogP contribution in [0.15, 0.2) is 35.5 Å². The lowest BCUT2D eigenvalue weighted by molar-refractivity contribution is -0.139. The standard InChI is InChI=1S/C19H24N2O3S/c1-3-23-18(22)16-12(2)20-19(25)21-17(16)14-10-6-7-11-15(14)24-13-8-4-5-9-13/h6-7,10-11,13,17H,3-5,8-9H2,1-2H3,(H2,20,21,25)/t17-/m1/s1. The summed E-state index contributed by atoms with van der Waals surface area (Å²) in [5, 5.41) is 6.71. The Kier molecular flexibility index (Phi) is 5.58. The normalized spacial score (nSPS) is 20.9. The van der Waals surface area contributed by atoms with E-state index in [1.54, 1.807) is 6.92 Å². The van der Waals surface area contributed by atoms with E-state index in [-0.39, 0.29) is 18.1 Å². The van der Waals surface area contributed by atoms with Crippen molar-refractivity contribution < 1.29 is 14.3 Å². The Balaban J connectivity index is 1.96. The number of esters is 1. The summed E-state index contributed by atoms with van der Waals surface area (Å²) in [6.45, 7) is 3.97. The zero-order valence-corrected chi connectivity index (χ0v) is 15.4. The van der Waals surface area contributed by atoms with Crippen LogP contribution in [0.3, 0.4) is 0 Å². The van der Waals surface area contributed by atoms with Crippen LogP contribution in [-0.4, -0.2) is 23.8 Å². The van der Waals surface area contributed by atoms with Gasteiger partial charge in [0.1, 0.15) is 5.75 Å². The minimum absolute atomic E-state index is 0.242. The number of allylic oxidation sites excluding steroid dienone is 1. The van der Waals surface area contributed by atoms with Crippen LogP contribution in [0.2, 0.25) is 0 Å². The average Bonchev–Trinajstić information content (AvgIpc) is 3.08. The molecule has 1 aliphatic carbocycles. The number of carbonyl (C=O) groups is 1. The smallest absolute Gasteiger partial charge is 0.338 e. The van der Waals surface area contributed by atoms with Gasteiger partial charge < -0.3 is 20.1 Å². The minimum Gasteiger partial charge on any atom is -0.490 e. The molecule has 3 rings (SSSR count). The molecule has 2 aliphatic rings. The molecule has 0 unspecified atom stereocenters. The molecule has 0 spiro atoms. The van der Waals surface area contributed by atoms with Crippen LogP contribution in [0.5, 0.6) is 5.75 Å². The molecule has 1 fully saturated rings. The van der Waals surface area contributed by atoms with Crippen molar-refractivity contribution in [3.8, 4) is 5.75 Å². The molecule has 0 radical (unpaired) electrons. The van der Waals surface area contributed by atoms with Crippen LogP contribution in [-0.2, 0) is 9.53 Å². The lowest BCUT2D eigenvalue weighted by atomic mass is 9.95. The Morgan fingerprint density at radius 2 is 2.00 bits per heavy atom. The van der Waals surface area contributed by atoms with Gasteiger partial charge >= 0.3 is 5.97 Å². The van der Waals surface area contributed by atoms with Crippen LogP contribution >= 0.6 is 12.2 Å². The summed E-state index contributed by atoms with van der Waals surface area (Å²) in [5.74, 6) is 0.453. The van der Waals surface area contributed by atoms with Gasteiger partial charge in [-0.15, -0.1) is 0 Å². The molecular formula is C19H24N2O3S. The second-order valence-electron chi connectivity index (χ2n) is 6.35. The molecule has 0 aromatic heterocycles. The highest BCUT2D eigenvalue weighted by Gasteiger charge is 2.33. The van der Waals surface area contributed by atoms with E-state index in [4.69, 9.17) is 21.7 Å². The highest BCUT2D eigenvalue weighted by molar-refractivity contribution is 7.80. The fraction of sp³-hybridized carbons (Fsp3) is 0.474. The molecule has 0 bridgehead atoms. The molecule has 2 N–H and O–H groups in total. The predicted octanol–water partition coefficient (Wildman–Crippen LogP) is 3.36. The summed E-state index contributed by atoms with van der Waals surface area (Å²) in [6.07, 6.45) is 4.80. The van der Waals surface area contributed by atoms with E-state index in [0.717, 1.165) is 24.2 Å². The number of hydrogen-bond donors (Lipinski definition) is 2. The van der Waals surface area contributed by atoms with Gasteiger partial charge in [0, 0.05) is 11.3 Å². The number of thiocarbonyl (C=S) groups is 1. The Bertz CT molecular complexity index is 696. The maximum absolute atomic E-state index is 12.5. The van der Waals surface area contributed by atoms with Gasteiger partial charge in [-0.25, -0.2) is 4.79 Å². The molecule has 1 atom stereocenters. The third kappa shape index (κ3) is 3.95. The van der Waals surface area contributed by atoms with E-state index in [1.807, 2.05) is 31.2 Å². The topological polar surface area (TPSA) is 59.6 Å². The van der Waals surface area contributed by atoms with E-state index in [9.17, 15) is 4.79 Å². The fourth-order valence-electron chi connectivity index (χ4n) is 3.42. The van der Waals surface area contributed by atoms with Gasteiger partial charge in [-0.1, -0.05) is 18.2 Å². The van der Waals surface area contributed by atoms with E-state index in [1.165, 1.54) is 12.8 Å². The Labute approximate surface area is 153 Å². The highest BCUT2D eigenvalue weighted by atomic mass is 32.1. The van der Waals surface area contributed by atoms with Gasteiger partial charge in [0.2, 0.25) is 0 Å². The molecule has 1 saturated carbocycles. The zero-order valence-electron chi connectivity index (χ0n) is 14.6. The maximum atomic E-state index is 12.5. The SMILES string of the molecule is CCOC(=O)C1=C(C)NC(=S)N[C@@H]1c1ccccc1OC1CCCC1. The largest absolute Gasteiger partial charge is 0.490 e. The quantitative estimate of drug-likeness (QED) is 0.620. The van der Waals surface area contributed by atoms with Crippen molar-refractivity contribution in [1.82, 2.24) is 10.6 Å². The van der Waals surface area contributed by atoms with Gasteiger partial charge in [-0.3, -0.25) is 0 Å². The molecule has 5 nitrogen and oxygen atoms in total. The van der Waals surface area contributed by atoms with Gasteiger partial charge in [-0.05, 0) is 57.8 Å². The van der Waals surface area contributed by atoms with Crippen LogP contribution in [0.1, 0.15) is 51.1 Å². The van der Waals surface area contributed by atoms with Crippen LogP contribution < -0.4 is 15.4 Å². The van der Waals surface area contributed by atoms with Gasteiger partial charge in [0.15, 0.2) is 5.11 Å². The molecular weight excluding hydrogens is 336 g/mol. The van der Waals surface area contributed by atoms with Crippen LogP contribution in [0, 0.1) is 0 Å². The summed E-state index contributed by atoms with van der Waals surface area (Å²) in [7, 11) is 0. The monoisotopic (exact) mass is 360 g/mol. The van der Waals surface area contributed by atoms with Gasteiger partial charge in [0.25, 0.3) is 0 Å². The number of rotatable bonds is 5. The van der Waals surface area contributed by atoms with Crippen molar-refractivity contribution in [3.05, 3.63) is 41.1 Å². The molecule has 25 heavy (non-hydrogen) atoms. The van der Waals surface area contributed by atoms with Crippen molar-refractivity contribution in [2.75, 3.05) is 6.61 Å². The molecule has 134 valence electrons. The van der Waals surface area contributed by atoms with E-state index in [2.05, 4.69) is 10.6 Å². The number of benzene rings is 1. The lowest BCUT2D eigenvalue weighted by Crippen LogP contribution is -2.45. The third-order valence-corrected chi connectivity index (χ3v) is 4.81. The van der Waals surface area contributed by atoms with Crippen molar-refractivity contribution in [2.24, 2.45) is 0 Å². The van der Waals surface area contributed by atoms with Gasteiger partial charge in [-0.2, -0.15) is 0 Å². The minimum atomic E-state index is -0.384. The first-order valence-corrected chi connectivity index (χ1v) is 9.22. The lowest BCUT2D eigenvalue weighted by Gasteiger charge is -2.31. The highest BCUT2D eigenvalue weighted by Crippen LogP contribution is 2.35. The number of para-hydroxylation sites is 1. The molecule has 1 aliphatic heterocycles. The second kappa shape index (κ2) is 7.87. The van der Waals surface area contributed by atoms with Crippen molar-refractivity contribution >= 4 is 23.3 Å².